The molecule has 0 bridgehead atoms. The summed E-state index contributed by atoms with van der Waals surface area (Å²) < 4.78 is 0.960. The third-order valence-corrected chi connectivity index (χ3v) is 3.11. The topological polar surface area (TPSA) is 24.9 Å². The molecule has 2 rings (SSSR count). The summed E-state index contributed by atoms with van der Waals surface area (Å²) in [4.78, 5) is 4.31. The fourth-order valence-electron chi connectivity index (χ4n) is 1.53. The van der Waals surface area contributed by atoms with Crippen LogP contribution in [0.3, 0.4) is 0 Å². The lowest BCUT2D eigenvalue weighted by Gasteiger charge is -2.09. The number of anilines is 1. The molecule has 1 N–H and O–H groups in total. The molecule has 0 aliphatic carbocycles. The number of rotatable bonds is 2. The molecule has 0 aliphatic heterocycles. The van der Waals surface area contributed by atoms with Crippen LogP contribution in [-0.2, 0) is 0 Å². The first-order valence-electron chi connectivity index (χ1n) is 4.70. The maximum absolute atomic E-state index is 6.17. The second-order valence-corrected chi connectivity index (χ2v) is 4.40. The Morgan fingerprint density at radius 2 is 2.20 bits per heavy atom. The van der Waals surface area contributed by atoms with Crippen molar-refractivity contribution in [3.8, 4) is 0 Å². The van der Waals surface area contributed by atoms with Crippen molar-refractivity contribution in [1.29, 1.82) is 0 Å². The molecule has 0 radical (unpaired) electrons. The van der Waals surface area contributed by atoms with Crippen molar-refractivity contribution in [3.05, 3.63) is 33.9 Å². The lowest BCUT2D eigenvalue weighted by Crippen LogP contribution is -1.98. The molecule has 78 valence electrons. The fraction of sp³-hybridized carbons (Fsp3) is 0.182. The molecular formula is C11H10BrClN2. The zero-order valence-corrected chi connectivity index (χ0v) is 10.6. The molecule has 0 atom stereocenters. The van der Waals surface area contributed by atoms with Gasteiger partial charge in [0, 0.05) is 28.3 Å². The second kappa shape index (κ2) is 4.37. The molecule has 0 amide bonds. The van der Waals surface area contributed by atoms with Crippen molar-refractivity contribution in [3.63, 3.8) is 0 Å². The zero-order chi connectivity index (χ0) is 10.8. The number of fused-ring (bicyclic) bond motifs is 1. The maximum Gasteiger partial charge on any atom is 0.0879 e. The Hall–Kier alpha value is -0.800. The minimum Gasteiger partial charge on any atom is -0.385 e. The van der Waals surface area contributed by atoms with Gasteiger partial charge in [0.1, 0.15) is 0 Å². The number of benzene rings is 1. The second-order valence-electron chi connectivity index (χ2n) is 3.14. The standard InChI is InChI=1S/C11H10BrClN2/c1-2-14-9-5-6-15-11-7(12)3-4-8(13)10(9)11/h3-6H,2H2,1H3,(H,14,15). The lowest BCUT2D eigenvalue weighted by atomic mass is 10.2. The first-order chi connectivity index (χ1) is 7.24. The summed E-state index contributed by atoms with van der Waals surface area (Å²) in [6.45, 7) is 2.92. The van der Waals surface area contributed by atoms with Gasteiger partial charge in [0.05, 0.1) is 10.5 Å². The van der Waals surface area contributed by atoms with E-state index < -0.39 is 0 Å². The molecule has 1 heterocycles. The van der Waals surface area contributed by atoms with Crippen LogP contribution in [0.5, 0.6) is 0 Å². The molecule has 0 spiro atoms. The fourth-order valence-corrected chi connectivity index (χ4v) is 2.22. The Kier molecular flexibility index (Phi) is 3.12. The Bertz CT molecular complexity index is 499. The van der Waals surface area contributed by atoms with Crippen LogP contribution >= 0.6 is 27.5 Å². The van der Waals surface area contributed by atoms with Crippen molar-refractivity contribution >= 4 is 44.1 Å². The monoisotopic (exact) mass is 284 g/mol. The van der Waals surface area contributed by atoms with E-state index in [2.05, 4.69) is 33.2 Å². The van der Waals surface area contributed by atoms with E-state index in [9.17, 15) is 0 Å². The summed E-state index contributed by atoms with van der Waals surface area (Å²) in [5.74, 6) is 0. The highest BCUT2D eigenvalue weighted by molar-refractivity contribution is 9.10. The first kappa shape index (κ1) is 10.7. The van der Waals surface area contributed by atoms with E-state index in [0.717, 1.165) is 32.6 Å². The third-order valence-electron chi connectivity index (χ3n) is 2.16. The van der Waals surface area contributed by atoms with E-state index in [4.69, 9.17) is 11.6 Å². The largest absolute Gasteiger partial charge is 0.385 e. The number of nitrogens with zero attached hydrogens (tertiary/aromatic N) is 1. The molecule has 1 aromatic carbocycles. The average molecular weight is 286 g/mol. The summed E-state index contributed by atoms with van der Waals surface area (Å²) >= 11 is 9.64. The van der Waals surface area contributed by atoms with E-state index in [1.165, 1.54) is 0 Å². The van der Waals surface area contributed by atoms with Crippen molar-refractivity contribution < 1.29 is 0 Å². The Morgan fingerprint density at radius 3 is 2.93 bits per heavy atom. The predicted molar refractivity (Wildman–Crippen MR) is 68.6 cm³/mol. The molecule has 0 saturated carbocycles. The summed E-state index contributed by atoms with van der Waals surface area (Å²) in [6, 6.07) is 5.72. The number of hydrogen-bond acceptors (Lipinski definition) is 2. The number of hydrogen-bond donors (Lipinski definition) is 1. The van der Waals surface area contributed by atoms with E-state index in [-0.39, 0.29) is 0 Å². The van der Waals surface area contributed by atoms with Gasteiger partial charge in [-0.2, -0.15) is 0 Å². The van der Waals surface area contributed by atoms with Gasteiger partial charge in [0.2, 0.25) is 0 Å². The Labute approximate surface area is 102 Å². The minimum atomic E-state index is 0.720. The number of halogens is 2. The SMILES string of the molecule is CCNc1ccnc2c(Br)ccc(Cl)c12. The normalized spacial score (nSPS) is 10.6. The molecule has 15 heavy (non-hydrogen) atoms. The van der Waals surface area contributed by atoms with Crippen molar-refractivity contribution in [2.75, 3.05) is 11.9 Å². The van der Waals surface area contributed by atoms with Crippen LogP contribution in [0.1, 0.15) is 6.92 Å². The lowest BCUT2D eigenvalue weighted by molar-refractivity contribution is 1.21. The van der Waals surface area contributed by atoms with Crippen LogP contribution < -0.4 is 5.32 Å². The predicted octanol–water partition coefficient (Wildman–Crippen LogP) is 4.08. The number of nitrogens with one attached hydrogen (secondary N) is 1. The quantitative estimate of drug-likeness (QED) is 0.899. The van der Waals surface area contributed by atoms with Gasteiger partial charge >= 0.3 is 0 Å². The molecule has 0 aliphatic rings. The van der Waals surface area contributed by atoms with Gasteiger partial charge in [-0.1, -0.05) is 11.6 Å². The highest BCUT2D eigenvalue weighted by Gasteiger charge is 2.08. The van der Waals surface area contributed by atoms with Gasteiger partial charge in [-0.15, -0.1) is 0 Å². The van der Waals surface area contributed by atoms with Gasteiger partial charge in [0.15, 0.2) is 0 Å². The zero-order valence-electron chi connectivity index (χ0n) is 8.22. The summed E-state index contributed by atoms with van der Waals surface area (Å²) in [5, 5.41) is 4.96. The molecule has 4 heteroatoms. The van der Waals surface area contributed by atoms with Crippen molar-refractivity contribution in [2.24, 2.45) is 0 Å². The van der Waals surface area contributed by atoms with E-state index in [0.29, 0.717) is 0 Å². The molecule has 0 saturated heterocycles. The average Bonchev–Trinajstić information content (AvgIpc) is 2.24. The van der Waals surface area contributed by atoms with E-state index in [1.54, 1.807) is 6.20 Å². The van der Waals surface area contributed by atoms with Crippen molar-refractivity contribution in [2.45, 2.75) is 6.92 Å². The van der Waals surface area contributed by atoms with Crippen LogP contribution in [0, 0.1) is 0 Å². The van der Waals surface area contributed by atoms with Crippen LogP contribution in [-0.4, -0.2) is 11.5 Å². The molecule has 0 unspecified atom stereocenters. The van der Waals surface area contributed by atoms with E-state index in [1.807, 2.05) is 18.2 Å². The van der Waals surface area contributed by atoms with Gasteiger partial charge in [-0.05, 0) is 41.1 Å². The smallest absolute Gasteiger partial charge is 0.0879 e. The third kappa shape index (κ3) is 1.94. The highest BCUT2D eigenvalue weighted by Crippen LogP contribution is 2.33. The Morgan fingerprint density at radius 1 is 1.40 bits per heavy atom. The van der Waals surface area contributed by atoms with Crippen LogP contribution in [0.4, 0.5) is 5.69 Å². The van der Waals surface area contributed by atoms with Crippen LogP contribution in [0.25, 0.3) is 10.9 Å². The molecule has 0 fully saturated rings. The van der Waals surface area contributed by atoms with Gasteiger partial charge in [-0.3, -0.25) is 4.98 Å². The molecular weight excluding hydrogens is 275 g/mol. The molecule has 2 nitrogen and oxygen atoms in total. The Balaban J connectivity index is 2.78. The highest BCUT2D eigenvalue weighted by atomic mass is 79.9. The molecule has 1 aromatic heterocycles. The van der Waals surface area contributed by atoms with Gasteiger partial charge in [-0.25, -0.2) is 0 Å². The summed E-state index contributed by atoms with van der Waals surface area (Å²) in [5.41, 5.74) is 1.91. The van der Waals surface area contributed by atoms with Crippen molar-refractivity contribution in [1.82, 2.24) is 4.98 Å². The number of aromatic nitrogens is 1. The van der Waals surface area contributed by atoms with E-state index >= 15 is 0 Å². The molecule has 2 aromatic rings. The summed E-state index contributed by atoms with van der Waals surface area (Å²) in [7, 11) is 0. The first-order valence-corrected chi connectivity index (χ1v) is 5.87. The minimum absolute atomic E-state index is 0.720. The van der Waals surface area contributed by atoms with Gasteiger partial charge in [0.25, 0.3) is 0 Å². The van der Waals surface area contributed by atoms with Crippen LogP contribution in [0.2, 0.25) is 5.02 Å². The number of pyridine rings is 1. The van der Waals surface area contributed by atoms with Crippen LogP contribution in [0.15, 0.2) is 28.9 Å². The van der Waals surface area contributed by atoms with Gasteiger partial charge < -0.3 is 5.32 Å². The maximum atomic E-state index is 6.17. The summed E-state index contributed by atoms with van der Waals surface area (Å²) in [6.07, 6.45) is 1.78.